The number of sulfonamides is 1. The number of hydrogen-bond acceptors (Lipinski definition) is 7. The van der Waals surface area contributed by atoms with Crippen LogP contribution in [0, 0.1) is 5.92 Å². The van der Waals surface area contributed by atoms with E-state index in [4.69, 9.17) is 4.98 Å². The van der Waals surface area contributed by atoms with E-state index in [0.717, 1.165) is 20.7 Å². The molecule has 1 aliphatic rings. The normalized spacial score (nSPS) is 15.2. The first-order valence-electron chi connectivity index (χ1n) is 11.7. The van der Waals surface area contributed by atoms with Crippen LogP contribution in [-0.2, 0) is 21.4 Å². The maximum absolute atomic E-state index is 13.8. The van der Waals surface area contributed by atoms with Crippen molar-refractivity contribution in [2.75, 3.05) is 24.2 Å². The molecule has 10 heteroatoms. The molecule has 0 aliphatic carbocycles. The lowest BCUT2D eigenvalue weighted by molar-refractivity contribution is -0.123. The SMILES string of the molecule is CSc1ccc(S(=O)(=O)N2CCC(C(=O)N(Cc3cccnc3)c3nc4ccccc4s3)CC2)cc1. The number of thiazole rings is 1. The summed E-state index contributed by atoms with van der Waals surface area (Å²) < 4.78 is 28.8. The number of aromatic nitrogens is 2. The first-order valence-corrected chi connectivity index (χ1v) is 15.1. The molecule has 7 nitrogen and oxygen atoms in total. The smallest absolute Gasteiger partial charge is 0.243 e. The van der Waals surface area contributed by atoms with E-state index in [2.05, 4.69) is 4.98 Å². The third-order valence-electron chi connectivity index (χ3n) is 6.34. The summed E-state index contributed by atoms with van der Waals surface area (Å²) in [5.74, 6) is -0.307. The van der Waals surface area contributed by atoms with Gasteiger partial charge in [0, 0.05) is 36.3 Å². The molecule has 2 aromatic carbocycles. The van der Waals surface area contributed by atoms with Crippen molar-refractivity contribution in [1.82, 2.24) is 14.3 Å². The first-order chi connectivity index (χ1) is 17.5. The van der Waals surface area contributed by atoms with Gasteiger partial charge in [0.05, 0.1) is 21.7 Å². The molecule has 36 heavy (non-hydrogen) atoms. The Kier molecular flexibility index (Phi) is 7.38. The van der Waals surface area contributed by atoms with Crippen molar-refractivity contribution in [2.45, 2.75) is 29.2 Å². The molecule has 2 aromatic heterocycles. The van der Waals surface area contributed by atoms with Gasteiger partial charge in [0.25, 0.3) is 0 Å². The predicted octanol–water partition coefficient (Wildman–Crippen LogP) is 5.05. The molecule has 186 valence electrons. The Balaban J connectivity index is 1.34. The fourth-order valence-corrected chi connectivity index (χ4v) is 7.20. The summed E-state index contributed by atoms with van der Waals surface area (Å²) >= 11 is 3.06. The highest BCUT2D eigenvalue weighted by atomic mass is 32.2. The van der Waals surface area contributed by atoms with Crippen molar-refractivity contribution in [3.8, 4) is 0 Å². The fraction of sp³-hybridized carbons (Fsp3) is 0.269. The van der Waals surface area contributed by atoms with Gasteiger partial charge in [-0.1, -0.05) is 29.5 Å². The molecule has 1 amide bonds. The first kappa shape index (κ1) is 24.9. The van der Waals surface area contributed by atoms with Crippen LogP contribution in [0.25, 0.3) is 10.2 Å². The van der Waals surface area contributed by atoms with Gasteiger partial charge in [-0.25, -0.2) is 13.4 Å². The van der Waals surface area contributed by atoms with Gasteiger partial charge in [-0.2, -0.15) is 4.31 Å². The number of anilines is 1. The van der Waals surface area contributed by atoms with Gasteiger partial charge in [-0.3, -0.25) is 14.7 Å². The Labute approximate surface area is 219 Å². The average Bonchev–Trinajstić information content (AvgIpc) is 3.36. The van der Waals surface area contributed by atoms with Gasteiger partial charge < -0.3 is 0 Å². The largest absolute Gasteiger partial charge is 0.283 e. The lowest BCUT2D eigenvalue weighted by atomic mass is 9.96. The lowest BCUT2D eigenvalue weighted by Gasteiger charge is -2.33. The second-order valence-corrected chi connectivity index (χ2v) is 12.4. The molecule has 1 saturated heterocycles. The number of nitrogens with zero attached hydrogens (tertiary/aromatic N) is 4. The summed E-state index contributed by atoms with van der Waals surface area (Å²) in [7, 11) is -3.59. The van der Waals surface area contributed by atoms with Gasteiger partial charge >= 0.3 is 0 Å². The quantitative estimate of drug-likeness (QED) is 0.306. The number of piperidine rings is 1. The number of benzene rings is 2. The lowest BCUT2D eigenvalue weighted by Crippen LogP contribution is -2.44. The van der Waals surface area contributed by atoms with Gasteiger partial charge in [-0.15, -0.1) is 11.8 Å². The summed E-state index contributed by atoms with van der Waals surface area (Å²) in [5.41, 5.74) is 1.77. The molecule has 3 heterocycles. The van der Waals surface area contributed by atoms with Crippen LogP contribution in [0.3, 0.4) is 0 Å². The molecular formula is C26H26N4O3S3. The molecule has 1 fully saturated rings. The molecule has 0 spiro atoms. The molecular weight excluding hydrogens is 513 g/mol. The fourth-order valence-electron chi connectivity index (χ4n) is 4.35. The van der Waals surface area contributed by atoms with Crippen molar-refractivity contribution >= 4 is 54.4 Å². The van der Waals surface area contributed by atoms with Gasteiger partial charge in [0.2, 0.25) is 15.9 Å². The van der Waals surface area contributed by atoms with E-state index in [-0.39, 0.29) is 16.7 Å². The Hall–Kier alpha value is -2.79. The molecule has 1 aliphatic heterocycles. The molecule has 0 saturated carbocycles. The second kappa shape index (κ2) is 10.7. The zero-order valence-electron chi connectivity index (χ0n) is 19.8. The Morgan fingerprint density at radius 2 is 1.83 bits per heavy atom. The summed E-state index contributed by atoms with van der Waals surface area (Å²) in [6, 6.07) is 18.6. The second-order valence-electron chi connectivity index (χ2n) is 8.60. The van der Waals surface area contributed by atoms with Crippen molar-refractivity contribution in [3.05, 3.63) is 78.6 Å². The van der Waals surface area contributed by atoms with Crippen molar-refractivity contribution in [1.29, 1.82) is 0 Å². The van der Waals surface area contributed by atoms with E-state index in [1.54, 1.807) is 41.2 Å². The van der Waals surface area contributed by atoms with Crippen LogP contribution in [0.15, 0.2) is 82.8 Å². The van der Waals surface area contributed by atoms with Crippen LogP contribution in [0.4, 0.5) is 5.13 Å². The van der Waals surface area contributed by atoms with Gasteiger partial charge in [0.15, 0.2) is 5.13 Å². The van der Waals surface area contributed by atoms with Crippen LogP contribution in [0.2, 0.25) is 0 Å². The molecule has 0 atom stereocenters. The van der Waals surface area contributed by atoms with E-state index < -0.39 is 10.0 Å². The average molecular weight is 539 g/mol. The molecule has 0 bridgehead atoms. The highest BCUT2D eigenvalue weighted by Crippen LogP contribution is 2.33. The molecule has 0 radical (unpaired) electrons. The highest BCUT2D eigenvalue weighted by molar-refractivity contribution is 7.98. The monoisotopic (exact) mass is 538 g/mol. The molecule has 0 unspecified atom stereocenters. The molecule has 5 rings (SSSR count). The number of rotatable bonds is 7. The number of carbonyl (C=O) groups excluding carboxylic acids is 1. The summed E-state index contributed by atoms with van der Waals surface area (Å²) in [6.45, 7) is 0.986. The standard InChI is InChI=1S/C26H26N4O3S3/c1-34-21-8-10-22(11-9-21)36(32,33)29-15-12-20(13-16-29)25(31)30(18-19-5-4-14-27-17-19)26-28-23-6-2-3-7-24(23)35-26/h2-11,14,17,20H,12-13,15-16,18H2,1H3. The maximum atomic E-state index is 13.8. The van der Waals surface area contributed by atoms with E-state index in [0.29, 0.717) is 37.6 Å². The van der Waals surface area contributed by atoms with Gasteiger partial charge in [0.1, 0.15) is 0 Å². The van der Waals surface area contributed by atoms with E-state index in [1.807, 2.05) is 54.8 Å². The van der Waals surface area contributed by atoms with Gasteiger partial charge in [-0.05, 0) is 67.1 Å². The number of thioether (sulfide) groups is 1. The number of amides is 1. The highest BCUT2D eigenvalue weighted by Gasteiger charge is 2.35. The zero-order chi connectivity index (χ0) is 25.1. The summed E-state index contributed by atoms with van der Waals surface area (Å²) in [5, 5.41) is 0.647. The van der Waals surface area contributed by atoms with Crippen LogP contribution in [0.1, 0.15) is 18.4 Å². The summed E-state index contributed by atoms with van der Waals surface area (Å²) in [4.78, 5) is 25.7. The molecule has 0 N–H and O–H groups in total. The Bertz CT molecular complexity index is 1420. The van der Waals surface area contributed by atoms with Crippen molar-refractivity contribution in [2.24, 2.45) is 5.92 Å². The zero-order valence-corrected chi connectivity index (χ0v) is 22.2. The number of hydrogen-bond donors (Lipinski definition) is 0. The third kappa shape index (κ3) is 5.17. The maximum Gasteiger partial charge on any atom is 0.243 e. The van der Waals surface area contributed by atoms with Crippen LogP contribution < -0.4 is 4.90 Å². The minimum atomic E-state index is -3.59. The van der Waals surface area contributed by atoms with Crippen molar-refractivity contribution in [3.63, 3.8) is 0 Å². The minimum Gasteiger partial charge on any atom is -0.283 e. The topological polar surface area (TPSA) is 83.5 Å². The number of fused-ring (bicyclic) bond motifs is 1. The summed E-state index contributed by atoms with van der Waals surface area (Å²) in [6.07, 6.45) is 6.35. The number of pyridine rings is 1. The van der Waals surface area contributed by atoms with E-state index >= 15 is 0 Å². The van der Waals surface area contributed by atoms with E-state index in [1.165, 1.54) is 15.6 Å². The van der Waals surface area contributed by atoms with Crippen LogP contribution in [-0.4, -0.2) is 47.9 Å². The number of carbonyl (C=O) groups is 1. The number of para-hydroxylation sites is 1. The predicted molar refractivity (Wildman–Crippen MR) is 145 cm³/mol. The third-order valence-corrected chi connectivity index (χ3v) is 10.1. The minimum absolute atomic E-state index is 0.0284. The van der Waals surface area contributed by atoms with Crippen molar-refractivity contribution < 1.29 is 13.2 Å². The van der Waals surface area contributed by atoms with Crippen LogP contribution >= 0.6 is 23.1 Å². The van der Waals surface area contributed by atoms with E-state index in [9.17, 15) is 13.2 Å². The molecule has 4 aromatic rings. The van der Waals surface area contributed by atoms with Crippen LogP contribution in [0.5, 0.6) is 0 Å². The Morgan fingerprint density at radius 1 is 1.08 bits per heavy atom. The Morgan fingerprint density at radius 3 is 2.50 bits per heavy atom.